The number of hydrogen-bond donors (Lipinski definition) is 1. The SMILES string of the molecule is COC(=O)/C=C/[C@@H]1CNC(=O)O1. The second-order valence-electron chi connectivity index (χ2n) is 2.21. The largest absolute Gasteiger partial charge is 0.466 e. The molecule has 0 aromatic rings. The molecule has 1 fully saturated rings. The molecule has 1 N–H and O–H groups in total. The lowest BCUT2D eigenvalue weighted by Crippen LogP contribution is -2.13. The maximum atomic E-state index is 10.6. The molecule has 1 aliphatic rings. The van der Waals surface area contributed by atoms with E-state index in [0.29, 0.717) is 6.54 Å². The number of cyclic esters (lactones) is 1. The number of ether oxygens (including phenoxy) is 2. The fraction of sp³-hybridized carbons (Fsp3) is 0.429. The third-order valence-corrected chi connectivity index (χ3v) is 1.35. The molecule has 1 amide bonds. The van der Waals surface area contributed by atoms with Gasteiger partial charge in [0, 0.05) is 6.08 Å². The highest BCUT2D eigenvalue weighted by Crippen LogP contribution is 2.00. The van der Waals surface area contributed by atoms with Crippen LogP contribution in [0.2, 0.25) is 0 Å². The van der Waals surface area contributed by atoms with Crippen molar-refractivity contribution in [3.8, 4) is 0 Å². The van der Waals surface area contributed by atoms with Crippen molar-refractivity contribution >= 4 is 12.1 Å². The van der Waals surface area contributed by atoms with Gasteiger partial charge in [-0.2, -0.15) is 0 Å². The van der Waals surface area contributed by atoms with Crippen LogP contribution in [0.1, 0.15) is 0 Å². The number of carbonyl (C=O) groups is 2. The molecule has 5 heteroatoms. The number of esters is 1. The van der Waals surface area contributed by atoms with Gasteiger partial charge in [0.1, 0.15) is 6.10 Å². The van der Waals surface area contributed by atoms with Crippen LogP contribution in [0.15, 0.2) is 12.2 Å². The third kappa shape index (κ3) is 2.26. The summed E-state index contributed by atoms with van der Waals surface area (Å²) in [5.74, 6) is -0.460. The van der Waals surface area contributed by atoms with Crippen molar-refractivity contribution in [1.29, 1.82) is 0 Å². The summed E-state index contributed by atoms with van der Waals surface area (Å²) >= 11 is 0. The van der Waals surface area contributed by atoms with E-state index in [4.69, 9.17) is 4.74 Å². The monoisotopic (exact) mass is 171 g/mol. The highest BCUT2D eigenvalue weighted by molar-refractivity contribution is 5.82. The fourth-order valence-corrected chi connectivity index (χ4v) is 0.766. The zero-order valence-corrected chi connectivity index (χ0v) is 6.57. The maximum absolute atomic E-state index is 10.6. The van der Waals surface area contributed by atoms with Gasteiger partial charge < -0.3 is 14.8 Å². The minimum Gasteiger partial charge on any atom is -0.466 e. The van der Waals surface area contributed by atoms with Crippen LogP contribution >= 0.6 is 0 Å². The number of alkyl carbamates (subject to hydrolysis) is 1. The predicted molar refractivity (Wildman–Crippen MR) is 39.4 cm³/mol. The van der Waals surface area contributed by atoms with Gasteiger partial charge in [-0.3, -0.25) is 0 Å². The summed E-state index contributed by atoms with van der Waals surface area (Å²) in [6.07, 6.45) is 1.88. The third-order valence-electron chi connectivity index (χ3n) is 1.35. The molecule has 66 valence electrons. The minimum atomic E-state index is -0.463. The highest BCUT2D eigenvalue weighted by Gasteiger charge is 2.19. The number of amides is 1. The summed E-state index contributed by atoms with van der Waals surface area (Å²) in [5.41, 5.74) is 0. The van der Waals surface area contributed by atoms with Crippen LogP contribution < -0.4 is 5.32 Å². The first-order chi connectivity index (χ1) is 5.72. The molecule has 5 nitrogen and oxygen atoms in total. The summed E-state index contributed by atoms with van der Waals surface area (Å²) in [5, 5.41) is 2.45. The second-order valence-corrected chi connectivity index (χ2v) is 2.21. The van der Waals surface area contributed by atoms with E-state index in [2.05, 4.69) is 10.1 Å². The van der Waals surface area contributed by atoms with E-state index in [-0.39, 0.29) is 6.10 Å². The van der Waals surface area contributed by atoms with Gasteiger partial charge in [-0.25, -0.2) is 9.59 Å². The predicted octanol–water partition coefficient (Wildman–Crippen LogP) is -0.176. The summed E-state index contributed by atoms with van der Waals surface area (Å²) < 4.78 is 9.06. The van der Waals surface area contributed by atoms with Crippen molar-refractivity contribution in [2.24, 2.45) is 0 Å². The van der Waals surface area contributed by atoms with Crippen LogP contribution in [0.3, 0.4) is 0 Å². The number of carbonyl (C=O) groups excluding carboxylic acids is 2. The number of hydrogen-bond acceptors (Lipinski definition) is 4. The summed E-state index contributed by atoms with van der Waals surface area (Å²) in [4.78, 5) is 21.1. The molecule has 1 atom stereocenters. The molecule has 0 radical (unpaired) electrons. The van der Waals surface area contributed by atoms with E-state index in [1.54, 1.807) is 0 Å². The van der Waals surface area contributed by atoms with Gasteiger partial charge in [-0.15, -0.1) is 0 Å². The lowest BCUT2D eigenvalue weighted by Gasteiger charge is -1.98. The Kier molecular flexibility index (Phi) is 2.68. The average molecular weight is 171 g/mol. The normalized spacial score (nSPS) is 22.1. The van der Waals surface area contributed by atoms with Gasteiger partial charge in [0.25, 0.3) is 0 Å². The Morgan fingerprint density at radius 1 is 1.83 bits per heavy atom. The van der Waals surface area contributed by atoms with Crippen LogP contribution in [0.25, 0.3) is 0 Å². The topological polar surface area (TPSA) is 64.6 Å². The van der Waals surface area contributed by atoms with E-state index in [9.17, 15) is 9.59 Å². The summed E-state index contributed by atoms with van der Waals surface area (Å²) in [6.45, 7) is 0.395. The molecule has 1 aliphatic heterocycles. The molecule has 0 aromatic heterocycles. The molecule has 12 heavy (non-hydrogen) atoms. The summed E-state index contributed by atoms with van der Waals surface area (Å²) in [7, 11) is 1.28. The van der Waals surface area contributed by atoms with Crippen molar-refractivity contribution in [2.75, 3.05) is 13.7 Å². The van der Waals surface area contributed by atoms with Crippen LogP contribution in [-0.4, -0.2) is 31.8 Å². The Hall–Kier alpha value is -1.52. The van der Waals surface area contributed by atoms with E-state index in [1.807, 2.05) is 0 Å². The average Bonchev–Trinajstić information content (AvgIpc) is 2.47. The second kappa shape index (κ2) is 3.75. The molecular weight excluding hydrogens is 162 g/mol. The van der Waals surface area contributed by atoms with Gasteiger partial charge in [-0.05, 0) is 6.08 Å². The first-order valence-corrected chi connectivity index (χ1v) is 3.43. The van der Waals surface area contributed by atoms with Crippen molar-refractivity contribution in [3.63, 3.8) is 0 Å². The Morgan fingerprint density at radius 3 is 3.08 bits per heavy atom. The molecule has 0 saturated carbocycles. The van der Waals surface area contributed by atoms with Gasteiger partial charge >= 0.3 is 12.1 Å². The van der Waals surface area contributed by atoms with Crippen LogP contribution in [-0.2, 0) is 14.3 Å². The maximum Gasteiger partial charge on any atom is 0.407 e. The number of nitrogens with one attached hydrogen (secondary N) is 1. The molecular formula is C7H9NO4. The fourth-order valence-electron chi connectivity index (χ4n) is 0.766. The zero-order chi connectivity index (χ0) is 8.97. The molecule has 0 unspecified atom stereocenters. The van der Waals surface area contributed by atoms with E-state index < -0.39 is 12.1 Å². The Balaban J connectivity index is 2.36. The zero-order valence-electron chi connectivity index (χ0n) is 6.57. The van der Waals surface area contributed by atoms with Gasteiger partial charge in [-0.1, -0.05) is 0 Å². The van der Waals surface area contributed by atoms with Crippen molar-refractivity contribution < 1.29 is 19.1 Å². The smallest absolute Gasteiger partial charge is 0.407 e. The van der Waals surface area contributed by atoms with Crippen molar-refractivity contribution in [3.05, 3.63) is 12.2 Å². The van der Waals surface area contributed by atoms with E-state index in [1.165, 1.54) is 19.3 Å². The van der Waals surface area contributed by atoms with Gasteiger partial charge in [0.05, 0.1) is 13.7 Å². The molecule has 1 rings (SSSR count). The molecule has 0 aromatic carbocycles. The molecule has 0 spiro atoms. The highest BCUT2D eigenvalue weighted by atomic mass is 16.6. The Morgan fingerprint density at radius 2 is 2.58 bits per heavy atom. The van der Waals surface area contributed by atoms with Gasteiger partial charge in [0.2, 0.25) is 0 Å². The lowest BCUT2D eigenvalue weighted by molar-refractivity contribution is -0.134. The van der Waals surface area contributed by atoms with Crippen LogP contribution in [0.5, 0.6) is 0 Å². The standard InChI is InChI=1S/C7H9NO4/c1-11-6(9)3-2-5-4-8-7(10)12-5/h2-3,5H,4H2,1H3,(H,8,10)/b3-2+/t5-/m1/s1. The quantitative estimate of drug-likeness (QED) is 0.462. The van der Waals surface area contributed by atoms with Crippen molar-refractivity contribution in [2.45, 2.75) is 6.10 Å². The van der Waals surface area contributed by atoms with E-state index in [0.717, 1.165) is 0 Å². The molecule has 1 saturated heterocycles. The molecule has 0 bridgehead atoms. The van der Waals surface area contributed by atoms with Crippen molar-refractivity contribution in [1.82, 2.24) is 5.32 Å². The minimum absolute atomic E-state index is 0.364. The first kappa shape index (κ1) is 8.58. The number of rotatable bonds is 2. The summed E-state index contributed by atoms with van der Waals surface area (Å²) in [6, 6.07) is 0. The lowest BCUT2D eigenvalue weighted by atomic mass is 10.3. The number of methoxy groups -OCH3 is 1. The van der Waals surface area contributed by atoms with Crippen LogP contribution in [0, 0.1) is 0 Å². The molecule has 1 heterocycles. The Labute approximate surface area is 69.3 Å². The molecule has 0 aliphatic carbocycles. The van der Waals surface area contributed by atoms with Gasteiger partial charge in [0.15, 0.2) is 0 Å². The Bertz CT molecular complexity index is 223. The van der Waals surface area contributed by atoms with Crippen LogP contribution in [0.4, 0.5) is 4.79 Å². The first-order valence-electron chi connectivity index (χ1n) is 3.43. The van der Waals surface area contributed by atoms with E-state index >= 15 is 0 Å².